The van der Waals surface area contributed by atoms with E-state index in [-0.39, 0.29) is 5.91 Å². The van der Waals surface area contributed by atoms with Gasteiger partial charge in [-0.15, -0.1) is 0 Å². The van der Waals surface area contributed by atoms with Crippen molar-refractivity contribution >= 4 is 73.7 Å². The molecule has 0 bridgehead atoms. The zero-order chi connectivity index (χ0) is 15.7. The molecule has 3 rings (SSSR count). The van der Waals surface area contributed by atoms with E-state index in [4.69, 9.17) is 27.6 Å². The third-order valence-electron chi connectivity index (χ3n) is 2.65. The van der Waals surface area contributed by atoms with Gasteiger partial charge in [0.1, 0.15) is 5.76 Å². The van der Waals surface area contributed by atoms with Gasteiger partial charge in [-0.25, -0.2) is 4.99 Å². The van der Waals surface area contributed by atoms with E-state index in [1.54, 1.807) is 36.4 Å². The molecule has 1 aliphatic rings. The van der Waals surface area contributed by atoms with Gasteiger partial charge in [-0.3, -0.25) is 4.79 Å². The monoisotopic (exact) mass is 416 g/mol. The number of halogens is 3. The topological polar surface area (TPSA) is 54.6 Å². The summed E-state index contributed by atoms with van der Waals surface area (Å²) >= 11 is 16.2. The smallest absolute Gasteiger partial charge is 0.264 e. The van der Waals surface area contributed by atoms with Crippen molar-refractivity contribution in [2.45, 2.75) is 0 Å². The minimum Gasteiger partial charge on any atom is -0.450 e. The van der Waals surface area contributed by atoms with E-state index < -0.39 is 0 Å². The molecular weight excluding hydrogens is 411 g/mol. The van der Waals surface area contributed by atoms with Gasteiger partial charge in [0.25, 0.3) is 5.91 Å². The maximum Gasteiger partial charge on any atom is 0.264 e. The summed E-state index contributed by atoms with van der Waals surface area (Å²) in [6.45, 7) is 0. The summed E-state index contributed by atoms with van der Waals surface area (Å²) in [6, 6.07) is 8.53. The first-order valence-corrected chi connectivity index (χ1v) is 8.38. The summed E-state index contributed by atoms with van der Waals surface area (Å²) in [5.41, 5.74) is 0.610. The first-order valence-electron chi connectivity index (χ1n) is 6.01. The zero-order valence-corrected chi connectivity index (χ0v) is 14.7. The van der Waals surface area contributed by atoms with Crippen molar-refractivity contribution < 1.29 is 9.21 Å². The second-order valence-electron chi connectivity index (χ2n) is 4.22. The Morgan fingerprint density at radius 3 is 2.73 bits per heavy atom. The third-order valence-corrected chi connectivity index (χ3v) is 4.73. The van der Waals surface area contributed by atoms with E-state index in [1.807, 2.05) is 0 Å². The Morgan fingerprint density at radius 1 is 1.23 bits per heavy atom. The lowest BCUT2D eigenvalue weighted by Gasteiger charge is -1.98. The van der Waals surface area contributed by atoms with Crippen LogP contribution >= 0.6 is 50.9 Å². The molecule has 0 spiro atoms. The van der Waals surface area contributed by atoms with Crippen molar-refractivity contribution in [1.29, 1.82) is 0 Å². The lowest BCUT2D eigenvalue weighted by atomic mass is 10.3. The number of hydrogen-bond donors (Lipinski definition) is 1. The summed E-state index contributed by atoms with van der Waals surface area (Å²) in [4.78, 5) is 16.8. The molecule has 0 aliphatic carbocycles. The average Bonchev–Trinajstić information content (AvgIpc) is 3.01. The van der Waals surface area contributed by atoms with Crippen LogP contribution in [0.15, 0.2) is 49.3 Å². The van der Waals surface area contributed by atoms with Gasteiger partial charge < -0.3 is 9.73 Å². The number of nitrogens with one attached hydrogen (secondary N) is 1. The largest absolute Gasteiger partial charge is 0.450 e. The highest BCUT2D eigenvalue weighted by Gasteiger charge is 2.24. The molecule has 0 radical (unpaired) electrons. The van der Waals surface area contributed by atoms with Crippen LogP contribution in [0.1, 0.15) is 5.76 Å². The molecule has 112 valence electrons. The molecule has 4 nitrogen and oxygen atoms in total. The molecule has 1 fully saturated rings. The molecule has 22 heavy (non-hydrogen) atoms. The minimum atomic E-state index is -0.226. The van der Waals surface area contributed by atoms with Crippen molar-refractivity contribution in [2.24, 2.45) is 4.99 Å². The van der Waals surface area contributed by atoms with Crippen LogP contribution in [0, 0.1) is 0 Å². The highest BCUT2D eigenvalue weighted by molar-refractivity contribution is 9.10. The molecule has 1 aliphatic heterocycles. The molecular formula is C14H7BrCl2N2O2S. The minimum absolute atomic E-state index is 0.226. The Kier molecular flexibility index (Phi) is 4.63. The molecule has 2 heterocycles. The molecule has 0 unspecified atom stereocenters. The molecule has 1 aromatic heterocycles. The Morgan fingerprint density at radius 2 is 2.05 bits per heavy atom. The number of carbonyl (C=O) groups is 1. The van der Waals surface area contributed by atoms with Crippen LogP contribution in [0.5, 0.6) is 0 Å². The van der Waals surface area contributed by atoms with Crippen LogP contribution < -0.4 is 5.32 Å². The van der Waals surface area contributed by atoms with E-state index in [1.165, 1.54) is 11.8 Å². The van der Waals surface area contributed by atoms with Crippen LogP contribution in [0.2, 0.25) is 10.0 Å². The van der Waals surface area contributed by atoms with Gasteiger partial charge in [0.2, 0.25) is 0 Å². The lowest BCUT2D eigenvalue weighted by molar-refractivity contribution is -0.115. The molecule has 1 aromatic carbocycles. The van der Waals surface area contributed by atoms with Crippen molar-refractivity contribution in [3.63, 3.8) is 0 Å². The Bertz CT molecular complexity index is 817. The van der Waals surface area contributed by atoms with Crippen LogP contribution in [0.4, 0.5) is 5.69 Å². The molecule has 1 saturated heterocycles. The predicted molar refractivity (Wildman–Crippen MR) is 93.7 cm³/mol. The average molecular weight is 418 g/mol. The number of benzene rings is 1. The van der Waals surface area contributed by atoms with Gasteiger partial charge >= 0.3 is 0 Å². The highest BCUT2D eigenvalue weighted by atomic mass is 79.9. The van der Waals surface area contributed by atoms with Crippen LogP contribution in [0.25, 0.3) is 6.08 Å². The van der Waals surface area contributed by atoms with Crippen molar-refractivity contribution in [3.8, 4) is 0 Å². The summed E-state index contributed by atoms with van der Waals surface area (Å²) in [6.07, 6.45) is 1.65. The summed E-state index contributed by atoms with van der Waals surface area (Å²) in [7, 11) is 0. The number of nitrogens with zero attached hydrogens (tertiary/aromatic N) is 1. The van der Waals surface area contributed by atoms with E-state index in [9.17, 15) is 4.79 Å². The van der Waals surface area contributed by atoms with E-state index in [2.05, 4.69) is 26.2 Å². The molecule has 8 heteroatoms. The number of carbonyl (C=O) groups excluding carboxylic acids is 1. The molecule has 1 amide bonds. The Hall–Kier alpha value is -1.21. The van der Waals surface area contributed by atoms with Crippen LogP contribution in [-0.4, -0.2) is 11.1 Å². The number of amidine groups is 1. The standard InChI is InChI=1S/C14H7BrCl2N2O2S/c15-12-4-2-8(21-12)6-11-13(20)19-14(22-11)18-7-1-3-9(16)10(17)5-7/h1-6H,(H,18,19,20)/b11-6+. The number of aliphatic imine (C=N–C) groups is 1. The number of amides is 1. The Balaban J connectivity index is 1.83. The maximum atomic E-state index is 11.9. The van der Waals surface area contributed by atoms with Crippen LogP contribution in [-0.2, 0) is 4.79 Å². The molecule has 0 saturated carbocycles. The number of furan rings is 1. The normalized spacial score (nSPS) is 18.2. The fraction of sp³-hybridized carbons (Fsp3) is 0. The van der Waals surface area contributed by atoms with Gasteiger partial charge in [-0.2, -0.15) is 0 Å². The molecule has 2 aromatic rings. The lowest BCUT2D eigenvalue weighted by Crippen LogP contribution is -2.19. The molecule has 0 atom stereocenters. The second kappa shape index (κ2) is 6.50. The third kappa shape index (κ3) is 3.57. The SMILES string of the molecule is O=C1NC(=Nc2ccc(Cl)c(Cl)c2)S/C1=C/c1ccc(Br)o1. The number of rotatable bonds is 2. The van der Waals surface area contributed by atoms with E-state index >= 15 is 0 Å². The fourth-order valence-electron chi connectivity index (χ4n) is 1.69. The van der Waals surface area contributed by atoms with Gasteiger partial charge in [0.15, 0.2) is 9.84 Å². The van der Waals surface area contributed by atoms with Gasteiger partial charge in [-0.05, 0) is 58.0 Å². The number of thioether (sulfide) groups is 1. The number of hydrogen-bond acceptors (Lipinski definition) is 4. The first kappa shape index (κ1) is 15.7. The van der Waals surface area contributed by atoms with Gasteiger partial charge in [0.05, 0.1) is 20.6 Å². The van der Waals surface area contributed by atoms with Crippen molar-refractivity contribution in [1.82, 2.24) is 5.32 Å². The summed E-state index contributed by atoms with van der Waals surface area (Å²) < 4.78 is 5.96. The summed E-state index contributed by atoms with van der Waals surface area (Å²) in [5, 5.41) is 4.03. The predicted octanol–water partition coefficient (Wildman–Crippen LogP) is 5.24. The first-order chi connectivity index (χ1) is 10.5. The van der Waals surface area contributed by atoms with Gasteiger partial charge in [-0.1, -0.05) is 23.2 Å². The second-order valence-corrected chi connectivity index (χ2v) is 6.85. The van der Waals surface area contributed by atoms with Crippen molar-refractivity contribution in [3.05, 3.63) is 55.7 Å². The van der Waals surface area contributed by atoms with E-state index in [0.717, 1.165) is 0 Å². The zero-order valence-electron chi connectivity index (χ0n) is 10.8. The molecule has 1 N–H and O–H groups in total. The quantitative estimate of drug-likeness (QED) is 0.679. The fourth-order valence-corrected chi connectivity index (χ4v) is 3.12. The van der Waals surface area contributed by atoms with Crippen LogP contribution in [0.3, 0.4) is 0 Å². The Labute approximate surface area is 148 Å². The highest BCUT2D eigenvalue weighted by Crippen LogP contribution is 2.31. The maximum absolute atomic E-state index is 11.9. The van der Waals surface area contributed by atoms with Crippen molar-refractivity contribution in [2.75, 3.05) is 0 Å². The van der Waals surface area contributed by atoms with E-state index in [0.29, 0.717) is 36.2 Å². The van der Waals surface area contributed by atoms with Gasteiger partial charge in [0, 0.05) is 6.08 Å². The summed E-state index contributed by atoms with van der Waals surface area (Å²) in [5.74, 6) is 0.358.